The number of carbonyl (C=O) groups is 3. The first kappa shape index (κ1) is 20.3. The Morgan fingerprint density at radius 1 is 1.21 bits per heavy atom. The number of rotatable bonds is 5. The summed E-state index contributed by atoms with van der Waals surface area (Å²) in [6.45, 7) is 2.47. The molecule has 1 atom stereocenters. The third kappa shape index (κ3) is 4.16. The predicted molar refractivity (Wildman–Crippen MR) is 107 cm³/mol. The summed E-state index contributed by atoms with van der Waals surface area (Å²) in [7, 11) is 3.08. The van der Waals surface area contributed by atoms with Crippen molar-refractivity contribution in [2.45, 2.75) is 32.2 Å². The van der Waals surface area contributed by atoms with Gasteiger partial charge in [0.2, 0.25) is 5.91 Å². The second kappa shape index (κ2) is 8.68. The highest BCUT2D eigenvalue weighted by Crippen LogP contribution is 2.34. The molecule has 2 aliphatic heterocycles. The van der Waals surface area contributed by atoms with Crippen LogP contribution >= 0.6 is 11.8 Å². The second-order valence-electron chi connectivity index (χ2n) is 6.81. The van der Waals surface area contributed by atoms with Crippen LogP contribution < -0.4 is 9.47 Å². The lowest BCUT2D eigenvalue weighted by Gasteiger charge is -2.34. The zero-order chi connectivity index (χ0) is 20.3. The van der Waals surface area contributed by atoms with Crippen LogP contribution in [0.4, 0.5) is 4.79 Å². The molecule has 0 saturated carbocycles. The van der Waals surface area contributed by atoms with E-state index in [2.05, 4.69) is 0 Å². The minimum Gasteiger partial charge on any atom is -0.493 e. The number of methoxy groups -OCH3 is 2. The maximum Gasteiger partial charge on any atom is 0.294 e. The van der Waals surface area contributed by atoms with Gasteiger partial charge < -0.3 is 14.4 Å². The van der Waals surface area contributed by atoms with Crippen molar-refractivity contribution in [1.29, 1.82) is 0 Å². The van der Waals surface area contributed by atoms with Crippen LogP contribution in [-0.2, 0) is 9.59 Å². The van der Waals surface area contributed by atoms with Gasteiger partial charge in [-0.1, -0.05) is 6.07 Å². The van der Waals surface area contributed by atoms with Crippen LogP contribution in [0.1, 0.15) is 31.7 Å². The Morgan fingerprint density at radius 3 is 2.64 bits per heavy atom. The number of amides is 3. The van der Waals surface area contributed by atoms with Gasteiger partial charge in [0.15, 0.2) is 11.5 Å². The van der Waals surface area contributed by atoms with Crippen LogP contribution in [0.5, 0.6) is 11.5 Å². The van der Waals surface area contributed by atoms with E-state index in [1.165, 1.54) is 7.11 Å². The minimum atomic E-state index is -0.442. The van der Waals surface area contributed by atoms with E-state index in [0.717, 1.165) is 35.9 Å². The van der Waals surface area contributed by atoms with Gasteiger partial charge >= 0.3 is 0 Å². The Hall–Kier alpha value is -2.48. The number of hydrogen-bond donors (Lipinski definition) is 0. The first-order valence-electron chi connectivity index (χ1n) is 9.21. The van der Waals surface area contributed by atoms with Gasteiger partial charge in [0.25, 0.3) is 11.1 Å². The lowest BCUT2D eigenvalue weighted by atomic mass is 10.0. The number of hydrogen-bond acceptors (Lipinski definition) is 6. The van der Waals surface area contributed by atoms with E-state index in [9.17, 15) is 14.4 Å². The molecule has 7 nitrogen and oxygen atoms in total. The van der Waals surface area contributed by atoms with Gasteiger partial charge in [-0.15, -0.1) is 0 Å². The van der Waals surface area contributed by atoms with E-state index < -0.39 is 11.1 Å². The molecule has 0 N–H and O–H groups in total. The average Bonchev–Trinajstić information content (AvgIpc) is 2.95. The molecule has 0 aliphatic carbocycles. The van der Waals surface area contributed by atoms with Crippen molar-refractivity contribution < 1.29 is 23.9 Å². The van der Waals surface area contributed by atoms with Crippen LogP contribution in [0.25, 0.3) is 6.08 Å². The fourth-order valence-corrected chi connectivity index (χ4v) is 4.26. The molecule has 1 aromatic rings. The van der Waals surface area contributed by atoms with Crippen LogP contribution in [0, 0.1) is 0 Å². The molecule has 0 aromatic heterocycles. The van der Waals surface area contributed by atoms with Crippen LogP contribution in [-0.4, -0.2) is 60.2 Å². The van der Waals surface area contributed by atoms with Crippen LogP contribution in [0.2, 0.25) is 0 Å². The van der Waals surface area contributed by atoms with Gasteiger partial charge in [0.1, 0.15) is 6.54 Å². The minimum absolute atomic E-state index is 0.142. The zero-order valence-corrected chi connectivity index (χ0v) is 17.1. The number of piperidine rings is 1. The fourth-order valence-electron chi connectivity index (χ4n) is 3.42. The number of likely N-dealkylation sites (tertiary alicyclic amines) is 1. The molecule has 28 heavy (non-hydrogen) atoms. The van der Waals surface area contributed by atoms with Gasteiger partial charge in [0, 0.05) is 12.6 Å². The lowest BCUT2D eigenvalue weighted by molar-refractivity contribution is -0.138. The van der Waals surface area contributed by atoms with Gasteiger partial charge in [0.05, 0.1) is 19.1 Å². The molecule has 8 heteroatoms. The van der Waals surface area contributed by atoms with Crippen molar-refractivity contribution in [3.8, 4) is 11.5 Å². The molecule has 0 spiro atoms. The lowest BCUT2D eigenvalue weighted by Crippen LogP contribution is -2.47. The molecule has 150 valence electrons. The standard InChI is InChI=1S/C20H24N2O5S/c1-13-6-4-5-9-21(13)18(23)12-22-19(24)17(28-20(22)25)11-14-7-8-15(26-2)16(10-14)27-3/h7-8,10-11,13H,4-6,9,12H2,1-3H3/b17-11-/t13-/m1/s1. The fraction of sp³-hybridized carbons (Fsp3) is 0.450. The van der Waals surface area contributed by atoms with Gasteiger partial charge in [-0.05, 0) is 61.7 Å². The summed E-state index contributed by atoms with van der Waals surface area (Å²) in [4.78, 5) is 40.7. The summed E-state index contributed by atoms with van der Waals surface area (Å²) in [5.74, 6) is 0.489. The highest BCUT2D eigenvalue weighted by molar-refractivity contribution is 8.18. The monoisotopic (exact) mass is 404 g/mol. The molecule has 2 fully saturated rings. The van der Waals surface area contributed by atoms with E-state index >= 15 is 0 Å². The van der Waals surface area contributed by atoms with Crippen molar-refractivity contribution in [3.05, 3.63) is 28.7 Å². The molecule has 0 radical (unpaired) electrons. The van der Waals surface area contributed by atoms with E-state index in [1.807, 2.05) is 6.92 Å². The highest BCUT2D eigenvalue weighted by Gasteiger charge is 2.37. The Kier molecular flexibility index (Phi) is 6.28. The van der Waals surface area contributed by atoms with Crippen molar-refractivity contribution in [2.24, 2.45) is 0 Å². The van der Waals surface area contributed by atoms with Gasteiger partial charge in [-0.3, -0.25) is 19.3 Å². The smallest absolute Gasteiger partial charge is 0.294 e. The molecular weight excluding hydrogens is 380 g/mol. The number of benzene rings is 1. The van der Waals surface area contributed by atoms with Crippen molar-refractivity contribution in [2.75, 3.05) is 27.3 Å². The molecule has 0 unspecified atom stereocenters. The molecular formula is C20H24N2O5S. The molecule has 2 heterocycles. The van der Waals surface area contributed by atoms with Crippen molar-refractivity contribution in [3.63, 3.8) is 0 Å². The molecule has 1 aromatic carbocycles. The highest BCUT2D eigenvalue weighted by atomic mass is 32.2. The number of nitrogens with zero attached hydrogens (tertiary/aromatic N) is 2. The van der Waals surface area contributed by atoms with E-state index in [1.54, 1.807) is 36.3 Å². The number of imide groups is 1. The van der Waals surface area contributed by atoms with Crippen molar-refractivity contribution >= 4 is 34.9 Å². The SMILES string of the molecule is COc1ccc(/C=C2\SC(=O)N(CC(=O)N3CCCC[C@H]3C)C2=O)cc1OC. The number of thioether (sulfide) groups is 1. The van der Waals surface area contributed by atoms with E-state index in [4.69, 9.17) is 9.47 Å². The van der Waals surface area contributed by atoms with Gasteiger partial charge in [-0.25, -0.2) is 0 Å². The first-order chi connectivity index (χ1) is 13.4. The summed E-state index contributed by atoms with van der Waals surface area (Å²) in [6.07, 6.45) is 4.63. The topological polar surface area (TPSA) is 76.2 Å². The normalized spacial score (nSPS) is 21.4. The second-order valence-corrected chi connectivity index (χ2v) is 7.81. The summed E-state index contributed by atoms with van der Waals surface area (Å²) in [5.41, 5.74) is 0.708. The third-order valence-corrected chi connectivity index (χ3v) is 5.90. The Balaban J connectivity index is 1.74. The average molecular weight is 404 g/mol. The Bertz CT molecular complexity index is 823. The maximum atomic E-state index is 12.7. The zero-order valence-electron chi connectivity index (χ0n) is 16.3. The largest absolute Gasteiger partial charge is 0.493 e. The quantitative estimate of drug-likeness (QED) is 0.702. The Morgan fingerprint density at radius 2 is 1.96 bits per heavy atom. The van der Waals surface area contributed by atoms with E-state index in [-0.39, 0.29) is 23.4 Å². The van der Waals surface area contributed by atoms with Gasteiger partial charge in [-0.2, -0.15) is 0 Å². The summed E-state index contributed by atoms with van der Waals surface area (Å²) >= 11 is 0.845. The number of ether oxygens (including phenoxy) is 2. The molecule has 2 saturated heterocycles. The molecule has 3 rings (SSSR count). The molecule has 2 aliphatic rings. The van der Waals surface area contributed by atoms with Crippen molar-refractivity contribution in [1.82, 2.24) is 9.80 Å². The van der Waals surface area contributed by atoms with Crippen LogP contribution in [0.3, 0.4) is 0 Å². The third-order valence-electron chi connectivity index (χ3n) is 5.00. The maximum absolute atomic E-state index is 12.7. The van der Waals surface area contributed by atoms with Crippen LogP contribution in [0.15, 0.2) is 23.1 Å². The molecule has 0 bridgehead atoms. The summed E-state index contributed by atoms with van der Waals surface area (Å²) < 4.78 is 10.5. The number of carbonyl (C=O) groups excluding carboxylic acids is 3. The first-order valence-corrected chi connectivity index (χ1v) is 10.0. The van der Waals surface area contributed by atoms with E-state index in [0.29, 0.717) is 23.6 Å². The molecule has 3 amide bonds. The Labute approximate surface area is 168 Å². The summed E-state index contributed by atoms with van der Waals surface area (Å²) in [5, 5.41) is -0.422. The predicted octanol–water partition coefficient (Wildman–Crippen LogP) is 3.14. The summed E-state index contributed by atoms with van der Waals surface area (Å²) in [6, 6.07) is 5.38.